The molecule has 0 saturated carbocycles. The Morgan fingerprint density at radius 3 is 3.18 bits per heavy atom. The van der Waals surface area contributed by atoms with Gasteiger partial charge in [-0.25, -0.2) is 0 Å². The Labute approximate surface area is 71.8 Å². The molecule has 0 aromatic carbocycles. The largest absolute Gasteiger partial charge is 0.299 e. The molecule has 2 aliphatic heterocycles. The summed E-state index contributed by atoms with van der Waals surface area (Å²) >= 11 is 3.35. The van der Waals surface area contributed by atoms with Crippen molar-refractivity contribution < 1.29 is 4.92 Å². The van der Waals surface area contributed by atoms with E-state index in [1.54, 1.807) is 6.08 Å². The van der Waals surface area contributed by atoms with Crippen LogP contribution in [0.1, 0.15) is 0 Å². The summed E-state index contributed by atoms with van der Waals surface area (Å²) in [4.78, 5) is 9.76. The van der Waals surface area contributed by atoms with Gasteiger partial charge in [0.1, 0.15) is 5.25 Å². The van der Waals surface area contributed by atoms with Gasteiger partial charge in [0.2, 0.25) is 0 Å². The number of hydrogen-bond acceptors (Lipinski definition) is 4. The van der Waals surface area contributed by atoms with Crippen LogP contribution in [-0.2, 0) is 0 Å². The van der Waals surface area contributed by atoms with Crippen molar-refractivity contribution in [3.05, 3.63) is 22.3 Å². The number of thioether (sulfide) groups is 2. The lowest BCUT2D eigenvalue weighted by Gasteiger charge is -2.02. The minimum absolute atomic E-state index is 0.145. The number of hydrogen-bond donors (Lipinski definition) is 0. The number of rotatable bonds is 1. The molecular formula is C6H5NO2S2. The first-order valence-electron chi connectivity index (χ1n) is 3.41. The van der Waals surface area contributed by atoms with Gasteiger partial charge in [0.15, 0.2) is 0 Å². The van der Waals surface area contributed by atoms with Crippen LogP contribution in [0.25, 0.3) is 0 Å². The van der Waals surface area contributed by atoms with Gasteiger partial charge in [-0.15, -0.1) is 11.8 Å². The van der Waals surface area contributed by atoms with Crippen LogP contribution in [0.4, 0.5) is 0 Å². The maximum atomic E-state index is 10.6. The van der Waals surface area contributed by atoms with Gasteiger partial charge in [0.05, 0.1) is 0 Å². The van der Waals surface area contributed by atoms with Crippen LogP contribution >= 0.6 is 23.5 Å². The van der Waals surface area contributed by atoms with E-state index >= 15 is 0 Å². The van der Waals surface area contributed by atoms with Crippen molar-refractivity contribution in [1.82, 2.24) is 0 Å². The maximum Gasteiger partial charge on any atom is 0.299 e. The average molecular weight is 187 g/mol. The van der Waals surface area contributed by atoms with Crippen LogP contribution in [0, 0.1) is 10.1 Å². The van der Waals surface area contributed by atoms with Crippen LogP contribution in [0.15, 0.2) is 12.2 Å². The van der Waals surface area contributed by atoms with Crippen molar-refractivity contribution in [1.29, 1.82) is 0 Å². The first-order valence-corrected chi connectivity index (χ1v) is 5.23. The quantitative estimate of drug-likeness (QED) is 0.267. The SMILES string of the molecule is O=[N+]([O-])C12C=CC3SC3C1S2. The predicted molar refractivity (Wildman–Crippen MR) is 45.4 cm³/mol. The Hall–Kier alpha value is -0.160. The van der Waals surface area contributed by atoms with Gasteiger partial charge in [0, 0.05) is 21.5 Å². The summed E-state index contributed by atoms with van der Waals surface area (Å²) in [5, 5.41) is 12.0. The molecule has 2 saturated heterocycles. The zero-order valence-electron chi connectivity index (χ0n) is 5.47. The molecule has 0 aromatic rings. The molecule has 4 atom stereocenters. The highest BCUT2D eigenvalue weighted by Gasteiger charge is 2.75. The predicted octanol–water partition coefficient (Wildman–Crippen LogP) is 1.13. The standard InChI is InChI=1S/C6H5NO2S2/c8-7(9)6-2-1-3-4(10-3)5(6)11-6/h1-5H. The van der Waals surface area contributed by atoms with E-state index in [0.717, 1.165) is 0 Å². The molecule has 2 fully saturated rings. The van der Waals surface area contributed by atoms with E-state index in [-0.39, 0.29) is 10.2 Å². The first kappa shape index (κ1) is 6.37. The zero-order chi connectivity index (χ0) is 7.64. The molecule has 5 heteroatoms. The monoisotopic (exact) mass is 187 g/mol. The molecule has 0 aromatic heterocycles. The summed E-state index contributed by atoms with van der Waals surface area (Å²) in [5.41, 5.74) is 0. The van der Waals surface area contributed by atoms with E-state index in [2.05, 4.69) is 0 Å². The topological polar surface area (TPSA) is 43.1 Å². The van der Waals surface area contributed by atoms with Crippen LogP contribution in [-0.4, -0.2) is 25.5 Å². The van der Waals surface area contributed by atoms with Crippen molar-refractivity contribution in [3.8, 4) is 0 Å². The molecule has 3 rings (SSSR count). The van der Waals surface area contributed by atoms with Crippen molar-refractivity contribution in [2.75, 3.05) is 0 Å². The van der Waals surface area contributed by atoms with Crippen LogP contribution in [0.2, 0.25) is 0 Å². The second kappa shape index (κ2) is 1.61. The second-order valence-electron chi connectivity index (χ2n) is 2.97. The summed E-state index contributed by atoms with van der Waals surface area (Å²) in [7, 11) is 0. The summed E-state index contributed by atoms with van der Waals surface area (Å²) in [6, 6.07) is 0. The number of fused-ring (bicyclic) bond motifs is 3. The van der Waals surface area contributed by atoms with E-state index in [9.17, 15) is 10.1 Å². The minimum atomic E-state index is -0.704. The molecule has 3 nitrogen and oxygen atoms in total. The van der Waals surface area contributed by atoms with Crippen molar-refractivity contribution in [3.63, 3.8) is 0 Å². The summed E-state index contributed by atoms with van der Waals surface area (Å²) < 4.78 is 0. The van der Waals surface area contributed by atoms with Gasteiger partial charge in [0.25, 0.3) is 4.87 Å². The Morgan fingerprint density at radius 2 is 2.45 bits per heavy atom. The molecule has 3 aliphatic rings. The van der Waals surface area contributed by atoms with Crippen LogP contribution in [0.3, 0.4) is 0 Å². The molecule has 0 bridgehead atoms. The molecule has 2 heterocycles. The normalized spacial score (nSPS) is 56.2. The zero-order valence-corrected chi connectivity index (χ0v) is 7.10. The van der Waals surface area contributed by atoms with E-state index < -0.39 is 4.87 Å². The highest BCUT2D eigenvalue weighted by molar-refractivity contribution is 8.13. The summed E-state index contributed by atoms with van der Waals surface area (Å²) in [6.45, 7) is 0. The van der Waals surface area contributed by atoms with Crippen molar-refractivity contribution in [2.45, 2.75) is 20.6 Å². The fraction of sp³-hybridized carbons (Fsp3) is 0.667. The highest BCUT2D eigenvalue weighted by Crippen LogP contribution is 2.68. The Balaban J connectivity index is 1.99. The van der Waals surface area contributed by atoms with Gasteiger partial charge >= 0.3 is 0 Å². The molecule has 58 valence electrons. The molecule has 11 heavy (non-hydrogen) atoms. The highest BCUT2D eigenvalue weighted by atomic mass is 32.2. The van der Waals surface area contributed by atoms with E-state index in [4.69, 9.17) is 0 Å². The first-order chi connectivity index (χ1) is 5.24. The molecule has 4 unspecified atom stereocenters. The van der Waals surface area contributed by atoms with E-state index in [0.29, 0.717) is 10.5 Å². The second-order valence-corrected chi connectivity index (χ2v) is 5.73. The smallest absolute Gasteiger partial charge is 0.263 e. The fourth-order valence-electron chi connectivity index (χ4n) is 1.58. The molecule has 1 aliphatic carbocycles. The average Bonchev–Trinajstić information content (AvgIpc) is 2.81. The molecule has 0 amide bonds. The Morgan fingerprint density at radius 1 is 1.64 bits per heavy atom. The Bertz CT molecular complexity index is 280. The van der Waals surface area contributed by atoms with E-state index in [1.165, 1.54) is 11.8 Å². The Kier molecular flexibility index (Phi) is 0.933. The third-order valence-corrected chi connectivity index (χ3v) is 5.41. The lowest BCUT2D eigenvalue weighted by molar-refractivity contribution is -0.513. The van der Waals surface area contributed by atoms with Gasteiger partial charge < -0.3 is 0 Å². The van der Waals surface area contributed by atoms with E-state index in [1.807, 2.05) is 17.8 Å². The summed E-state index contributed by atoms with van der Waals surface area (Å²) in [6.07, 6.45) is 3.78. The molecule has 0 radical (unpaired) electrons. The summed E-state index contributed by atoms with van der Waals surface area (Å²) in [5.74, 6) is 0. The maximum absolute atomic E-state index is 10.6. The lowest BCUT2D eigenvalue weighted by atomic mass is 10.0. The molecule has 0 N–H and O–H groups in total. The number of nitrogens with zero attached hydrogens (tertiary/aromatic N) is 1. The number of nitro groups is 1. The van der Waals surface area contributed by atoms with Crippen molar-refractivity contribution in [2.24, 2.45) is 0 Å². The third-order valence-electron chi connectivity index (χ3n) is 2.34. The van der Waals surface area contributed by atoms with Gasteiger partial charge in [-0.05, 0) is 0 Å². The molecule has 0 spiro atoms. The van der Waals surface area contributed by atoms with Gasteiger partial charge in [-0.3, -0.25) is 10.1 Å². The van der Waals surface area contributed by atoms with Gasteiger partial charge in [-0.1, -0.05) is 17.8 Å². The van der Waals surface area contributed by atoms with Gasteiger partial charge in [-0.2, -0.15) is 0 Å². The van der Waals surface area contributed by atoms with Crippen molar-refractivity contribution >= 4 is 23.5 Å². The lowest BCUT2D eigenvalue weighted by Crippen LogP contribution is -2.28. The fourth-order valence-corrected chi connectivity index (χ4v) is 4.36. The van der Waals surface area contributed by atoms with Crippen LogP contribution in [0.5, 0.6) is 0 Å². The minimum Gasteiger partial charge on any atom is -0.263 e. The third kappa shape index (κ3) is 0.636. The molecular weight excluding hydrogens is 182 g/mol. The van der Waals surface area contributed by atoms with Crippen LogP contribution < -0.4 is 0 Å².